The Kier molecular flexibility index (Phi) is 2.47. The number of halogens is 2. The third-order valence-electron chi connectivity index (χ3n) is 4.96. The molecule has 0 unspecified atom stereocenters. The topological polar surface area (TPSA) is 43.8 Å². The van der Waals surface area contributed by atoms with E-state index >= 15 is 0 Å². The van der Waals surface area contributed by atoms with Crippen molar-refractivity contribution < 1.29 is 0 Å². The van der Waals surface area contributed by atoms with Crippen LogP contribution in [0, 0.1) is 10.8 Å². The van der Waals surface area contributed by atoms with Gasteiger partial charge in [0.2, 0.25) is 5.95 Å². The summed E-state index contributed by atoms with van der Waals surface area (Å²) in [6.07, 6.45) is 0. The number of aromatic nitrogens is 2. The molecule has 0 saturated heterocycles. The number of rotatable bonds is 1. The van der Waals surface area contributed by atoms with Gasteiger partial charge in [-0.15, -0.1) is 0 Å². The van der Waals surface area contributed by atoms with Crippen LogP contribution in [0.3, 0.4) is 0 Å². The van der Waals surface area contributed by atoms with Crippen LogP contribution in [0.5, 0.6) is 0 Å². The predicted molar refractivity (Wildman–Crippen MR) is 80.8 cm³/mol. The van der Waals surface area contributed by atoms with E-state index in [0.717, 1.165) is 11.0 Å². The van der Waals surface area contributed by atoms with Crippen LogP contribution in [-0.2, 0) is 0 Å². The minimum atomic E-state index is 0.181. The predicted octanol–water partition coefficient (Wildman–Crippen LogP) is 4.53. The van der Waals surface area contributed by atoms with Crippen molar-refractivity contribution in [3.63, 3.8) is 0 Å². The molecule has 1 aliphatic carbocycles. The summed E-state index contributed by atoms with van der Waals surface area (Å²) in [6.45, 7) is 9.00. The molecule has 0 aliphatic heterocycles. The average Bonchev–Trinajstić information content (AvgIpc) is 2.54. The molecule has 0 radical (unpaired) electrons. The van der Waals surface area contributed by atoms with Crippen LogP contribution in [-0.4, -0.2) is 9.55 Å². The monoisotopic (exact) mass is 297 g/mol. The fraction of sp³-hybridized carbons (Fsp3) is 0.500. The minimum absolute atomic E-state index is 0.181. The summed E-state index contributed by atoms with van der Waals surface area (Å²) in [5.74, 6) is 0.525. The molecule has 1 saturated carbocycles. The summed E-state index contributed by atoms with van der Waals surface area (Å²) in [6, 6.07) is 3.95. The first-order chi connectivity index (χ1) is 8.68. The van der Waals surface area contributed by atoms with E-state index in [-0.39, 0.29) is 10.8 Å². The maximum absolute atomic E-state index is 6.12. The molecule has 0 bridgehead atoms. The number of benzene rings is 1. The average molecular weight is 298 g/mol. The first-order valence-corrected chi connectivity index (χ1v) is 7.06. The van der Waals surface area contributed by atoms with Crippen molar-refractivity contribution in [2.24, 2.45) is 10.8 Å². The second-order valence-electron chi connectivity index (χ2n) is 6.44. The van der Waals surface area contributed by atoms with Crippen molar-refractivity contribution in [3.8, 4) is 0 Å². The van der Waals surface area contributed by atoms with Crippen molar-refractivity contribution >= 4 is 40.2 Å². The van der Waals surface area contributed by atoms with Crippen LogP contribution in [0.15, 0.2) is 12.1 Å². The van der Waals surface area contributed by atoms with Crippen LogP contribution in [0.4, 0.5) is 5.95 Å². The zero-order valence-electron chi connectivity index (χ0n) is 11.5. The molecule has 1 aromatic heterocycles. The van der Waals surface area contributed by atoms with Crippen molar-refractivity contribution in [1.82, 2.24) is 9.55 Å². The SMILES string of the molecule is CC1(C)C(n2c(N)nc3cc(Cl)c(Cl)cc32)C1(C)C. The van der Waals surface area contributed by atoms with Crippen molar-refractivity contribution in [2.75, 3.05) is 5.73 Å². The van der Waals surface area contributed by atoms with Crippen LogP contribution in [0.1, 0.15) is 33.7 Å². The first-order valence-electron chi connectivity index (χ1n) is 6.30. The molecule has 1 heterocycles. The Morgan fingerprint density at radius 2 is 1.63 bits per heavy atom. The highest BCUT2D eigenvalue weighted by Crippen LogP contribution is 2.72. The summed E-state index contributed by atoms with van der Waals surface area (Å²) in [5, 5.41) is 1.04. The van der Waals surface area contributed by atoms with Gasteiger partial charge in [-0.05, 0) is 23.0 Å². The van der Waals surface area contributed by atoms with Crippen molar-refractivity contribution in [3.05, 3.63) is 22.2 Å². The lowest BCUT2D eigenvalue weighted by Gasteiger charge is -2.09. The highest BCUT2D eigenvalue weighted by Gasteiger charge is 2.66. The molecule has 2 N–H and O–H groups in total. The van der Waals surface area contributed by atoms with E-state index in [2.05, 4.69) is 37.2 Å². The van der Waals surface area contributed by atoms with Gasteiger partial charge in [-0.2, -0.15) is 0 Å². The number of imidazole rings is 1. The van der Waals surface area contributed by atoms with Crippen LogP contribution in [0.25, 0.3) is 11.0 Å². The third-order valence-corrected chi connectivity index (χ3v) is 5.68. The molecule has 1 fully saturated rings. The number of nitrogen functional groups attached to an aromatic ring is 1. The van der Waals surface area contributed by atoms with Gasteiger partial charge in [0.1, 0.15) is 0 Å². The maximum atomic E-state index is 6.12. The Morgan fingerprint density at radius 3 is 2.16 bits per heavy atom. The molecular weight excluding hydrogens is 281 g/mol. The number of hydrogen-bond acceptors (Lipinski definition) is 2. The van der Waals surface area contributed by atoms with E-state index in [1.54, 1.807) is 6.07 Å². The van der Waals surface area contributed by atoms with Gasteiger partial charge in [0.15, 0.2) is 0 Å². The number of fused-ring (bicyclic) bond motifs is 1. The molecule has 0 amide bonds. The largest absolute Gasteiger partial charge is 0.369 e. The fourth-order valence-corrected chi connectivity index (χ4v) is 3.50. The Hall–Kier alpha value is -0.930. The fourth-order valence-electron chi connectivity index (χ4n) is 3.19. The van der Waals surface area contributed by atoms with Gasteiger partial charge in [-0.3, -0.25) is 0 Å². The highest BCUT2D eigenvalue weighted by molar-refractivity contribution is 6.42. The molecule has 3 rings (SSSR count). The number of nitrogens with zero attached hydrogens (tertiary/aromatic N) is 2. The van der Waals surface area contributed by atoms with Gasteiger partial charge >= 0.3 is 0 Å². The minimum Gasteiger partial charge on any atom is -0.369 e. The van der Waals surface area contributed by atoms with Crippen LogP contribution in [0.2, 0.25) is 10.0 Å². The van der Waals surface area contributed by atoms with Crippen molar-refractivity contribution in [1.29, 1.82) is 0 Å². The number of hydrogen-bond donors (Lipinski definition) is 1. The van der Waals surface area contributed by atoms with Gasteiger partial charge in [0.25, 0.3) is 0 Å². The quantitative estimate of drug-likeness (QED) is 0.840. The summed E-state index contributed by atoms with van der Waals surface area (Å²) < 4.78 is 2.09. The Bertz CT molecular complexity index is 672. The van der Waals surface area contributed by atoms with Gasteiger partial charge in [0, 0.05) is 6.04 Å². The summed E-state index contributed by atoms with van der Waals surface area (Å²) in [4.78, 5) is 4.41. The zero-order valence-corrected chi connectivity index (χ0v) is 13.0. The zero-order chi connectivity index (χ0) is 14.2. The van der Waals surface area contributed by atoms with Gasteiger partial charge in [-0.1, -0.05) is 50.9 Å². The third kappa shape index (κ3) is 1.55. The number of nitrogens with two attached hydrogens (primary N) is 1. The summed E-state index contributed by atoms with van der Waals surface area (Å²) in [5.41, 5.74) is 8.22. The first kappa shape index (κ1) is 13.1. The lowest BCUT2D eigenvalue weighted by atomic mass is 10.0. The molecule has 5 heteroatoms. The van der Waals surface area contributed by atoms with Crippen LogP contribution < -0.4 is 5.73 Å². The second kappa shape index (κ2) is 3.58. The molecular formula is C14H17Cl2N3. The van der Waals surface area contributed by atoms with E-state index in [0.29, 0.717) is 22.0 Å². The molecule has 102 valence electrons. The lowest BCUT2D eigenvalue weighted by molar-refractivity contribution is 0.457. The summed E-state index contributed by atoms with van der Waals surface area (Å²) in [7, 11) is 0. The maximum Gasteiger partial charge on any atom is 0.201 e. The molecule has 0 spiro atoms. The van der Waals surface area contributed by atoms with E-state index in [1.165, 1.54) is 0 Å². The van der Waals surface area contributed by atoms with Gasteiger partial charge < -0.3 is 10.3 Å². The number of anilines is 1. The normalized spacial score (nSPS) is 20.9. The van der Waals surface area contributed by atoms with Gasteiger partial charge in [0.05, 0.1) is 21.1 Å². The van der Waals surface area contributed by atoms with E-state index in [1.807, 2.05) is 6.07 Å². The van der Waals surface area contributed by atoms with Crippen LogP contribution >= 0.6 is 23.2 Å². The van der Waals surface area contributed by atoms with Gasteiger partial charge in [-0.25, -0.2) is 4.98 Å². The molecule has 1 aliphatic rings. The van der Waals surface area contributed by atoms with E-state index < -0.39 is 0 Å². The van der Waals surface area contributed by atoms with E-state index in [9.17, 15) is 0 Å². The molecule has 3 nitrogen and oxygen atoms in total. The van der Waals surface area contributed by atoms with Crippen molar-refractivity contribution in [2.45, 2.75) is 33.7 Å². The standard InChI is InChI=1S/C14H17Cl2N3/c1-13(2)11(14(13,3)4)19-10-6-8(16)7(15)5-9(10)18-12(19)17/h5-6,11H,1-4H3,(H2,17,18). The van der Waals surface area contributed by atoms with E-state index in [4.69, 9.17) is 28.9 Å². The smallest absolute Gasteiger partial charge is 0.201 e. The molecule has 0 atom stereocenters. The molecule has 1 aromatic carbocycles. The second-order valence-corrected chi connectivity index (χ2v) is 7.26. The molecule has 2 aromatic rings. The Morgan fingerprint density at radius 1 is 1.11 bits per heavy atom. The Labute approximate surface area is 122 Å². The summed E-state index contributed by atoms with van der Waals surface area (Å²) >= 11 is 12.2. The highest BCUT2D eigenvalue weighted by atomic mass is 35.5. The molecule has 19 heavy (non-hydrogen) atoms. The Balaban J connectivity index is 2.26. The lowest BCUT2D eigenvalue weighted by Crippen LogP contribution is -2.05.